The number of ether oxygens (including phenoxy) is 1. The van der Waals surface area contributed by atoms with Crippen molar-refractivity contribution in [2.45, 2.75) is 122 Å². The summed E-state index contributed by atoms with van der Waals surface area (Å²) >= 11 is -2.79. The summed E-state index contributed by atoms with van der Waals surface area (Å²) in [7, 11) is 0. The SMILES string of the molecule is CCC[CH2][Sn]([CH2]CCC)([CH2]CCC)[C@@H](O)[C@@H]1CCCN1C(=O)OC(C)(C)C. The van der Waals surface area contributed by atoms with E-state index in [1.807, 2.05) is 25.7 Å². The van der Waals surface area contributed by atoms with E-state index in [2.05, 4.69) is 20.8 Å². The van der Waals surface area contributed by atoms with Gasteiger partial charge in [-0.15, -0.1) is 0 Å². The number of carbonyl (C=O) groups excluding carboxylic acids is 1. The third kappa shape index (κ3) is 7.75. The van der Waals surface area contributed by atoms with Crippen LogP contribution in [0.1, 0.15) is 92.9 Å². The molecular weight excluding hydrogens is 445 g/mol. The van der Waals surface area contributed by atoms with Crippen molar-refractivity contribution >= 4 is 24.5 Å². The quantitative estimate of drug-likeness (QED) is 0.355. The van der Waals surface area contributed by atoms with Crippen molar-refractivity contribution in [2.75, 3.05) is 6.54 Å². The Hall–Kier alpha value is 0.0287. The Morgan fingerprint density at radius 1 is 1.07 bits per heavy atom. The number of nitrogens with zero attached hydrogens (tertiary/aromatic N) is 1. The summed E-state index contributed by atoms with van der Waals surface area (Å²) in [4.78, 5) is 14.6. The summed E-state index contributed by atoms with van der Waals surface area (Å²) in [5, 5.41) is 11.7. The van der Waals surface area contributed by atoms with Gasteiger partial charge in [-0.25, -0.2) is 0 Å². The van der Waals surface area contributed by atoms with E-state index in [4.69, 9.17) is 4.74 Å². The van der Waals surface area contributed by atoms with Gasteiger partial charge in [0.25, 0.3) is 0 Å². The Morgan fingerprint density at radius 3 is 1.96 bits per heavy atom. The summed E-state index contributed by atoms with van der Waals surface area (Å²) in [5.74, 6) is 0. The third-order valence-electron chi connectivity index (χ3n) is 6.00. The van der Waals surface area contributed by atoms with Crippen LogP contribution in [0, 0.1) is 0 Å². The average molecular weight is 490 g/mol. The molecule has 0 aromatic heterocycles. The molecule has 1 aliphatic rings. The monoisotopic (exact) mass is 491 g/mol. The van der Waals surface area contributed by atoms with Gasteiger partial charge in [0.05, 0.1) is 0 Å². The van der Waals surface area contributed by atoms with Crippen molar-refractivity contribution in [2.24, 2.45) is 0 Å². The molecule has 0 radical (unpaired) electrons. The van der Waals surface area contributed by atoms with Crippen LogP contribution in [-0.4, -0.2) is 56.8 Å². The van der Waals surface area contributed by atoms with Gasteiger partial charge in [0.15, 0.2) is 0 Å². The first-order valence-corrected chi connectivity index (χ1v) is 19.1. The van der Waals surface area contributed by atoms with Gasteiger partial charge in [-0.1, -0.05) is 0 Å². The van der Waals surface area contributed by atoms with Crippen LogP contribution in [0.25, 0.3) is 0 Å². The van der Waals surface area contributed by atoms with Crippen LogP contribution >= 0.6 is 0 Å². The molecule has 160 valence electrons. The van der Waals surface area contributed by atoms with Crippen LogP contribution in [0.4, 0.5) is 4.79 Å². The van der Waals surface area contributed by atoms with Crippen molar-refractivity contribution in [3.05, 3.63) is 0 Å². The Morgan fingerprint density at radius 2 is 1.56 bits per heavy atom. The van der Waals surface area contributed by atoms with Gasteiger partial charge in [0.1, 0.15) is 0 Å². The minimum atomic E-state index is -2.79. The summed E-state index contributed by atoms with van der Waals surface area (Å²) < 4.78 is 9.21. The molecule has 27 heavy (non-hydrogen) atoms. The molecule has 0 aromatic carbocycles. The molecule has 1 N–H and O–H groups in total. The number of rotatable bonds is 11. The van der Waals surface area contributed by atoms with Crippen LogP contribution in [-0.2, 0) is 4.74 Å². The Balaban J connectivity index is 3.04. The molecule has 0 bridgehead atoms. The van der Waals surface area contributed by atoms with Crippen molar-refractivity contribution in [3.8, 4) is 0 Å². The number of unbranched alkanes of at least 4 members (excludes halogenated alkanes) is 3. The van der Waals surface area contributed by atoms with E-state index >= 15 is 0 Å². The zero-order valence-corrected chi connectivity index (χ0v) is 21.7. The molecule has 0 unspecified atom stereocenters. The summed E-state index contributed by atoms with van der Waals surface area (Å²) in [5.41, 5.74) is -0.484. The van der Waals surface area contributed by atoms with Crippen LogP contribution in [0.2, 0.25) is 13.3 Å². The molecule has 0 spiro atoms. The predicted octanol–water partition coefficient (Wildman–Crippen LogP) is 6.14. The van der Waals surface area contributed by atoms with Crippen molar-refractivity contribution in [1.82, 2.24) is 4.90 Å². The van der Waals surface area contributed by atoms with Gasteiger partial charge >= 0.3 is 173 Å². The predicted molar refractivity (Wildman–Crippen MR) is 117 cm³/mol. The second kappa shape index (κ2) is 11.9. The van der Waals surface area contributed by atoms with E-state index in [1.165, 1.54) is 51.8 Å². The number of hydrogen-bond acceptors (Lipinski definition) is 3. The molecule has 0 aliphatic carbocycles. The molecule has 2 atom stereocenters. The van der Waals surface area contributed by atoms with Gasteiger partial charge < -0.3 is 0 Å². The molecule has 1 amide bonds. The Labute approximate surface area is 172 Å². The molecule has 1 rings (SSSR count). The van der Waals surface area contributed by atoms with Crippen LogP contribution in [0.3, 0.4) is 0 Å². The first kappa shape index (κ1) is 25.1. The average Bonchev–Trinajstić information content (AvgIpc) is 3.09. The molecule has 1 saturated heterocycles. The summed E-state index contributed by atoms with van der Waals surface area (Å²) in [6.07, 6.45) is 8.99. The molecule has 1 aliphatic heterocycles. The number of aliphatic hydroxyl groups excluding tert-OH is 1. The molecule has 0 aromatic rings. The standard InChI is InChI=1S/C10H18NO3.3C4H9.Sn/c1-10(2,3)14-9(13)11-6-4-5-8(11)7-12;3*1-3-4-2;/h7-8,12H,4-6H2,1-3H3;3*1,3-4H2,2H3;/t8-;;;;/m0..../s1. The normalized spacial score (nSPS) is 19.4. The molecule has 5 heteroatoms. The fourth-order valence-electron chi connectivity index (χ4n) is 4.48. The Bertz CT molecular complexity index is 414. The molecule has 4 nitrogen and oxygen atoms in total. The maximum absolute atomic E-state index is 12.8. The van der Waals surface area contributed by atoms with Crippen LogP contribution in [0.5, 0.6) is 0 Å². The minimum absolute atomic E-state index is 0.0128. The van der Waals surface area contributed by atoms with E-state index in [-0.39, 0.29) is 16.3 Å². The fraction of sp³-hybridized carbons (Fsp3) is 0.955. The number of carbonyl (C=O) groups is 1. The zero-order valence-electron chi connectivity index (χ0n) is 18.9. The van der Waals surface area contributed by atoms with Gasteiger partial charge in [-0.05, 0) is 0 Å². The number of amides is 1. The van der Waals surface area contributed by atoms with Crippen LogP contribution in [0.15, 0.2) is 0 Å². The Kier molecular flexibility index (Phi) is 11.0. The second-order valence-corrected chi connectivity index (χ2v) is 23.2. The molecule has 1 heterocycles. The van der Waals surface area contributed by atoms with Gasteiger partial charge in [-0.3, -0.25) is 0 Å². The van der Waals surface area contributed by atoms with Gasteiger partial charge in [0, 0.05) is 0 Å². The number of likely N-dealkylation sites (tertiary alicyclic amines) is 1. The van der Waals surface area contributed by atoms with Crippen LogP contribution < -0.4 is 0 Å². The topological polar surface area (TPSA) is 49.8 Å². The van der Waals surface area contributed by atoms with Gasteiger partial charge in [-0.2, -0.15) is 0 Å². The van der Waals surface area contributed by atoms with Crippen molar-refractivity contribution in [3.63, 3.8) is 0 Å². The first-order chi connectivity index (χ1) is 12.7. The zero-order chi connectivity index (χ0) is 20.5. The van der Waals surface area contributed by atoms with E-state index in [0.717, 1.165) is 19.4 Å². The fourth-order valence-corrected chi connectivity index (χ4v) is 21.5. The van der Waals surface area contributed by atoms with E-state index in [0.29, 0.717) is 0 Å². The first-order valence-electron chi connectivity index (χ1n) is 11.4. The van der Waals surface area contributed by atoms with Gasteiger partial charge in [0.2, 0.25) is 0 Å². The number of hydrogen-bond donors (Lipinski definition) is 1. The van der Waals surface area contributed by atoms with E-state index in [9.17, 15) is 9.90 Å². The summed E-state index contributed by atoms with van der Waals surface area (Å²) in [6, 6.07) is -0.0128. The molecule has 0 saturated carbocycles. The van der Waals surface area contributed by atoms with E-state index in [1.54, 1.807) is 0 Å². The van der Waals surface area contributed by atoms with Crippen molar-refractivity contribution < 1.29 is 14.6 Å². The number of aliphatic hydroxyl groups is 1. The summed E-state index contributed by atoms with van der Waals surface area (Å²) in [6.45, 7) is 13.2. The third-order valence-corrected chi connectivity index (χ3v) is 22.2. The maximum atomic E-state index is 12.8. The second-order valence-electron chi connectivity index (χ2n) is 9.50. The van der Waals surface area contributed by atoms with E-state index < -0.39 is 24.0 Å². The van der Waals surface area contributed by atoms with Crippen molar-refractivity contribution in [1.29, 1.82) is 0 Å². The molecular formula is C22H45NO3Sn. The molecule has 1 fully saturated rings.